The second kappa shape index (κ2) is 9.99. The molecule has 0 aliphatic heterocycles. The van der Waals surface area contributed by atoms with Gasteiger partial charge in [0.05, 0.1) is 12.6 Å². The number of allylic oxidation sites excluding steroid dienone is 1. The van der Waals surface area contributed by atoms with Gasteiger partial charge in [-0.1, -0.05) is 80.8 Å². The molecule has 4 aromatic rings. The Morgan fingerprint density at radius 1 is 1.03 bits per heavy atom. The Hall–Kier alpha value is -3.81. The normalized spacial score (nSPS) is 14.7. The monoisotopic (exact) mass is 455 g/mol. The predicted molar refractivity (Wildman–Crippen MR) is 132 cm³/mol. The maximum absolute atomic E-state index is 13.3. The van der Waals surface area contributed by atoms with Gasteiger partial charge in [-0.2, -0.15) is 0 Å². The van der Waals surface area contributed by atoms with Crippen LogP contribution in [0.25, 0.3) is 28.6 Å². The lowest BCUT2D eigenvalue weighted by Gasteiger charge is -2.20. The van der Waals surface area contributed by atoms with Gasteiger partial charge in [0, 0.05) is 5.56 Å². The van der Waals surface area contributed by atoms with E-state index < -0.39 is 0 Å². The van der Waals surface area contributed by atoms with E-state index in [0.717, 1.165) is 60.2 Å². The molecule has 1 N–H and O–H groups in total. The Morgan fingerprint density at radius 2 is 1.79 bits per heavy atom. The SMILES string of the molecule is CC/C=C/c1nn(C2CCCCC2)c(=O)n1Cc1ccc(-c2ccccc2-c2nnn[nH]2)cc1. The highest BCUT2D eigenvalue weighted by Gasteiger charge is 2.21. The predicted octanol–water partition coefficient (Wildman–Crippen LogP) is 4.87. The van der Waals surface area contributed by atoms with Crippen molar-refractivity contribution in [1.82, 2.24) is 35.0 Å². The lowest BCUT2D eigenvalue weighted by atomic mass is 9.96. The van der Waals surface area contributed by atoms with Gasteiger partial charge in [0.2, 0.25) is 0 Å². The molecule has 1 aliphatic carbocycles. The van der Waals surface area contributed by atoms with Crippen molar-refractivity contribution < 1.29 is 0 Å². The molecule has 0 amide bonds. The Labute approximate surface area is 198 Å². The van der Waals surface area contributed by atoms with Gasteiger partial charge in [-0.3, -0.25) is 4.57 Å². The Morgan fingerprint density at radius 3 is 2.50 bits per heavy atom. The fraction of sp³-hybridized carbons (Fsp3) is 0.346. The number of rotatable bonds is 7. The average molecular weight is 456 g/mol. The Balaban J connectivity index is 1.44. The van der Waals surface area contributed by atoms with E-state index in [4.69, 9.17) is 5.10 Å². The second-order valence-electron chi connectivity index (χ2n) is 8.77. The number of hydrogen-bond donors (Lipinski definition) is 1. The Kier molecular flexibility index (Phi) is 6.46. The third-order valence-electron chi connectivity index (χ3n) is 6.47. The van der Waals surface area contributed by atoms with Crippen LogP contribution in [-0.2, 0) is 6.54 Å². The van der Waals surface area contributed by atoms with E-state index in [9.17, 15) is 4.79 Å². The van der Waals surface area contributed by atoms with Crippen molar-refractivity contribution in [3.8, 4) is 22.5 Å². The molecule has 0 radical (unpaired) electrons. The molecule has 8 heteroatoms. The number of benzene rings is 2. The zero-order valence-corrected chi connectivity index (χ0v) is 19.4. The minimum Gasteiger partial charge on any atom is -0.271 e. The molecule has 0 atom stereocenters. The van der Waals surface area contributed by atoms with Gasteiger partial charge in [-0.15, -0.1) is 10.2 Å². The van der Waals surface area contributed by atoms with Crippen molar-refractivity contribution in [3.05, 3.63) is 76.5 Å². The summed E-state index contributed by atoms with van der Waals surface area (Å²) < 4.78 is 3.52. The van der Waals surface area contributed by atoms with Crippen molar-refractivity contribution in [3.63, 3.8) is 0 Å². The first kappa shape index (κ1) is 22.0. The molecule has 2 aromatic heterocycles. The topological polar surface area (TPSA) is 94.3 Å². The third-order valence-corrected chi connectivity index (χ3v) is 6.47. The molecular formula is C26H29N7O. The molecule has 2 aromatic carbocycles. The van der Waals surface area contributed by atoms with E-state index >= 15 is 0 Å². The number of nitrogens with zero attached hydrogens (tertiary/aromatic N) is 6. The summed E-state index contributed by atoms with van der Waals surface area (Å²) in [7, 11) is 0. The lowest BCUT2D eigenvalue weighted by molar-refractivity contribution is 0.320. The van der Waals surface area contributed by atoms with Crippen molar-refractivity contribution in [2.24, 2.45) is 0 Å². The van der Waals surface area contributed by atoms with Crippen LogP contribution in [0.1, 0.15) is 62.9 Å². The zero-order chi connectivity index (χ0) is 23.3. The molecule has 1 saturated carbocycles. The first-order valence-electron chi connectivity index (χ1n) is 12.0. The molecule has 8 nitrogen and oxygen atoms in total. The van der Waals surface area contributed by atoms with Gasteiger partial charge in [0.25, 0.3) is 0 Å². The highest BCUT2D eigenvalue weighted by molar-refractivity contribution is 5.80. The number of aromatic amines is 1. The molecular weight excluding hydrogens is 426 g/mol. The number of nitrogens with one attached hydrogen (secondary N) is 1. The summed E-state index contributed by atoms with van der Waals surface area (Å²) in [5.41, 5.74) is 4.08. The van der Waals surface area contributed by atoms with Gasteiger partial charge in [-0.25, -0.2) is 14.6 Å². The second-order valence-corrected chi connectivity index (χ2v) is 8.77. The van der Waals surface area contributed by atoms with Gasteiger partial charge < -0.3 is 0 Å². The van der Waals surface area contributed by atoms with Crippen molar-refractivity contribution >= 4 is 6.08 Å². The van der Waals surface area contributed by atoms with Crippen LogP contribution in [0.3, 0.4) is 0 Å². The Bertz CT molecular complexity index is 1310. The number of aromatic nitrogens is 7. The highest BCUT2D eigenvalue weighted by Crippen LogP contribution is 2.30. The van der Waals surface area contributed by atoms with Gasteiger partial charge in [-0.05, 0) is 52.5 Å². The van der Waals surface area contributed by atoms with Crippen molar-refractivity contribution in [2.45, 2.75) is 58.0 Å². The van der Waals surface area contributed by atoms with Gasteiger partial charge in [0.15, 0.2) is 11.6 Å². The van der Waals surface area contributed by atoms with Crippen LogP contribution in [0, 0.1) is 0 Å². The minimum atomic E-state index is -0.0186. The van der Waals surface area contributed by atoms with Crippen LogP contribution in [0.15, 0.2) is 59.4 Å². The molecule has 0 unspecified atom stereocenters. The number of H-pyrrole nitrogens is 1. The standard InChI is InChI=1S/C26H29N7O/c1-2-3-13-24-29-33(21-9-5-4-6-10-21)26(34)32(24)18-19-14-16-20(17-15-19)22-11-7-8-12-23(22)25-27-30-31-28-25/h3,7-8,11-17,21H,2,4-6,9-10,18H2,1H3,(H,27,28,30,31)/b13-3+. The van der Waals surface area contributed by atoms with Crippen molar-refractivity contribution in [2.75, 3.05) is 0 Å². The average Bonchev–Trinajstić information content (AvgIpc) is 3.53. The summed E-state index contributed by atoms with van der Waals surface area (Å²) >= 11 is 0. The van der Waals surface area contributed by atoms with E-state index in [0.29, 0.717) is 12.4 Å². The number of tetrazole rings is 1. The van der Waals surface area contributed by atoms with E-state index in [-0.39, 0.29) is 11.7 Å². The minimum absolute atomic E-state index is 0.0186. The molecule has 5 rings (SSSR count). The highest BCUT2D eigenvalue weighted by atomic mass is 16.2. The maximum atomic E-state index is 13.3. The fourth-order valence-corrected chi connectivity index (χ4v) is 4.67. The van der Waals surface area contributed by atoms with E-state index in [2.05, 4.69) is 64.0 Å². The van der Waals surface area contributed by atoms with E-state index in [1.165, 1.54) is 6.42 Å². The molecule has 1 aliphatic rings. The lowest BCUT2D eigenvalue weighted by Crippen LogP contribution is -2.29. The quantitative estimate of drug-likeness (QED) is 0.429. The molecule has 34 heavy (non-hydrogen) atoms. The van der Waals surface area contributed by atoms with Gasteiger partial charge in [0.1, 0.15) is 0 Å². The van der Waals surface area contributed by atoms with Crippen LogP contribution < -0.4 is 5.69 Å². The fourth-order valence-electron chi connectivity index (χ4n) is 4.67. The first-order chi connectivity index (χ1) is 16.7. The molecule has 0 bridgehead atoms. The van der Waals surface area contributed by atoms with Crippen LogP contribution >= 0.6 is 0 Å². The summed E-state index contributed by atoms with van der Waals surface area (Å²) in [4.78, 5) is 13.3. The molecule has 0 spiro atoms. The van der Waals surface area contributed by atoms with E-state index in [1.54, 1.807) is 9.25 Å². The van der Waals surface area contributed by atoms with Crippen LogP contribution in [0.4, 0.5) is 0 Å². The van der Waals surface area contributed by atoms with Crippen LogP contribution in [-0.4, -0.2) is 35.0 Å². The first-order valence-corrected chi connectivity index (χ1v) is 12.0. The summed E-state index contributed by atoms with van der Waals surface area (Å²) in [6.45, 7) is 2.57. The zero-order valence-electron chi connectivity index (χ0n) is 19.4. The molecule has 174 valence electrons. The summed E-state index contributed by atoms with van der Waals surface area (Å²) in [5.74, 6) is 1.36. The summed E-state index contributed by atoms with van der Waals surface area (Å²) in [6, 6.07) is 16.5. The van der Waals surface area contributed by atoms with E-state index in [1.807, 2.05) is 24.3 Å². The van der Waals surface area contributed by atoms with Gasteiger partial charge >= 0.3 is 5.69 Å². The van der Waals surface area contributed by atoms with Crippen LogP contribution in [0.5, 0.6) is 0 Å². The van der Waals surface area contributed by atoms with Crippen LogP contribution in [0.2, 0.25) is 0 Å². The maximum Gasteiger partial charge on any atom is 0.346 e. The smallest absolute Gasteiger partial charge is 0.271 e. The third kappa shape index (κ3) is 4.48. The largest absolute Gasteiger partial charge is 0.346 e. The summed E-state index contributed by atoms with van der Waals surface area (Å²) in [6.07, 6.45) is 10.6. The van der Waals surface area contributed by atoms with Crippen molar-refractivity contribution in [1.29, 1.82) is 0 Å². The summed E-state index contributed by atoms with van der Waals surface area (Å²) in [5, 5.41) is 19.0. The molecule has 2 heterocycles. The molecule has 0 saturated heterocycles. The number of hydrogen-bond acceptors (Lipinski definition) is 5. The molecule has 1 fully saturated rings.